The molecule has 0 N–H and O–H groups in total. The van der Waals surface area contributed by atoms with E-state index >= 15 is 0 Å². The monoisotopic (exact) mass is 263 g/mol. The highest BCUT2D eigenvalue weighted by molar-refractivity contribution is 6.07. The highest BCUT2D eigenvalue weighted by atomic mass is 16.1. The zero-order chi connectivity index (χ0) is 13.9. The summed E-state index contributed by atoms with van der Waals surface area (Å²) in [5, 5.41) is 0. The molecule has 20 heavy (non-hydrogen) atoms. The van der Waals surface area contributed by atoms with Crippen LogP contribution in [0.3, 0.4) is 0 Å². The van der Waals surface area contributed by atoms with Crippen molar-refractivity contribution in [2.75, 3.05) is 0 Å². The molecule has 1 aromatic carbocycles. The Bertz CT molecular complexity index is 747. The average molecular weight is 263 g/mol. The van der Waals surface area contributed by atoms with Crippen molar-refractivity contribution in [3.63, 3.8) is 0 Å². The first kappa shape index (κ1) is 12.3. The molecule has 0 aliphatic heterocycles. The molecule has 4 heteroatoms. The molecule has 0 saturated carbocycles. The summed E-state index contributed by atoms with van der Waals surface area (Å²) in [6.45, 7) is 0. The molecule has 0 amide bonds. The Kier molecular flexibility index (Phi) is 3.13. The molecule has 2 heterocycles. The minimum absolute atomic E-state index is 0.0803. The van der Waals surface area contributed by atoms with Gasteiger partial charge in [0.2, 0.25) is 5.78 Å². The maximum absolute atomic E-state index is 12.4. The van der Waals surface area contributed by atoms with Gasteiger partial charge in [-0.2, -0.15) is 0 Å². The molecule has 0 unspecified atom stereocenters. The topological polar surface area (TPSA) is 47.8 Å². The summed E-state index contributed by atoms with van der Waals surface area (Å²) in [5.74, 6) is 0.358. The molecule has 4 nitrogen and oxygen atoms in total. The number of carbonyl (C=O) groups is 1. The van der Waals surface area contributed by atoms with Crippen LogP contribution in [0.4, 0.5) is 0 Å². The van der Waals surface area contributed by atoms with E-state index in [2.05, 4.69) is 9.97 Å². The third-order valence-electron chi connectivity index (χ3n) is 3.14. The van der Waals surface area contributed by atoms with E-state index < -0.39 is 0 Å². The molecule has 0 fully saturated rings. The Morgan fingerprint density at radius 1 is 1.10 bits per heavy atom. The van der Waals surface area contributed by atoms with Crippen LogP contribution in [0.1, 0.15) is 16.2 Å². The zero-order valence-electron chi connectivity index (χ0n) is 11.0. The number of ketones is 1. The summed E-state index contributed by atoms with van der Waals surface area (Å²) in [6.07, 6.45) is 6.90. The molecule has 0 aliphatic rings. The number of imidazole rings is 1. The molecule has 0 saturated heterocycles. The van der Waals surface area contributed by atoms with E-state index in [4.69, 9.17) is 0 Å². The summed E-state index contributed by atoms with van der Waals surface area (Å²) in [5.41, 5.74) is 2.58. The standard InChI is InChI=1S/C16H13N3O/c1-19-9-8-18-16(19)15(20)13-5-2-4-12(10-13)14-6-3-7-17-11-14/h2-11H,1H3. The quantitative estimate of drug-likeness (QED) is 0.683. The zero-order valence-corrected chi connectivity index (χ0v) is 11.0. The molecule has 3 rings (SSSR count). The predicted molar refractivity (Wildman–Crippen MR) is 76.3 cm³/mol. The fraction of sp³-hybridized carbons (Fsp3) is 0.0625. The lowest BCUT2D eigenvalue weighted by Crippen LogP contribution is -2.08. The molecule has 0 radical (unpaired) electrons. The molecule has 0 aliphatic carbocycles. The van der Waals surface area contributed by atoms with Crippen molar-refractivity contribution >= 4 is 5.78 Å². The van der Waals surface area contributed by atoms with Crippen LogP contribution in [-0.4, -0.2) is 20.3 Å². The minimum Gasteiger partial charge on any atom is -0.331 e. The van der Waals surface area contributed by atoms with Gasteiger partial charge in [-0.25, -0.2) is 4.98 Å². The summed E-state index contributed by atoms with van der Waals surface area (Å²) < 4.78 is 1.72. The van der Waals surface area contributed by atoms with E-state index in [-0.39, 0.29) is 5.78 Å². The molecule has 0 bridgehead atoms. The van der Waals surface area contributed by atoms with Gasteiger partial charge in [-0.05, 0) is 17.7 Å². The van der Waals surface area contributed by atoms with E-state index in [0.29, 0.717) is 11.4 Å². The maximum Gasteiger partial charge on any atom is 0.228 e. The van der Waals surface area contributed by atoms with Crippen molar-refractivity contribution in [1.82, 2.24) is 14.5 Å². The highest BCUT2D eigenvalue weighted by Gasteiger charge is 2.14. The Balaban J connectivity index is 2.00. The number of nitrogens with zero attached hydrogens (tertiary/aromatic N) is 3. The number of hydrogen-bond acceptors (Lipinski definition) is 3. The number of benzene rings is 1. The van der Waals surface area contributed by atoms with Crippen LogP contribution in [0, 0.1) is 0 Å². The van der Waals surface area contributed by atoms with Crippen molar-refractivity contribution in [1.29, 1.82) is 0 Å². The second kappa shape index (κ2) is 5.09. The summed E-state index contributed by atoms with van der Waals surface area (Å²) in [7, 11) is 1.81. The predicted octanol–water partition coefficient (Wildman–Crippen LogP) is 2.71. The third kappa shape index (κ3) is 2.23. The molecule has 3 aromatic rings. The van der Waals surface area contributed by atoms with Crippen molar-refractivity contribution in [2.24, 2.45) is 7.05 Å². The molecule has 2 aromatic heterocycles. The highest BCUT2D eigenvalue weighted by Crippen LogP contribution is 2.20. The Hall–Kier alpha value is -2.75. The largest absolute Gasteiger partial charge is 0.331 e. The smallest absolute Gasteiger partial charge is 0.228 e. The molecule has 0 atom stereocenters. The fourth-order valence-electron chi connectivity index (χ4n) is 2.09. The van der Waals surface area contributed by atoms with Gasteiger partial charge in [-0.15, -0.1) is 0 Å². The first-order valence-electron chi connectivity index (χ1n) is 6.28. The van der Waals surface area contributed by atoms with E-state index in [1.54, 1.807) is 35.4 Å². The van der Waals surface area contributed by atoms with Gasteiger partial charge < -0.3 is 4.57 Å². The van der Waals surface area contributed by atoms with E-state index in [0.717, 1.165) is 11.1 Å². The SMILES string of the molecule is Cn1ccnc1C(=O)c1cccc(-c2cccnc2)c1. The van der Waals surface area contributed by atoms with E-state index in [1.165, 1.54) is 0 Å². The van der Waals surface area contributed by atoms with Gasteiger partial charge in [-0.1, -0.05) is 24.3 Å². The van der Waals surface area contributed by atoms with Gasteiger partial charge >= 0.3 is 0 Å². The molecule has 0 spiro atoms. The molecular formula is C16H13N3O. The Labute approximate surface area is 116 Å². The van der Waals surface area contributed by atoms with Gasteiger partial charge in [0.05, 0.1) is 0 Å². The van der Waals surface area contributed by atoms with Crippen molar-refractivity contribution in [3.8, 4) is 11.1 Å². The van der Waals surface area contributed by atoms with Gasteiger partial charge in [0, 0.05) is 43.0 Å². The lowest BCUT2D eigenvalue weighted by atomic mass is 10.0. The van der Waals surface area contributed by atoms with Crippen molar-refractivity contribution in [2.45, 2.75) is 0 Å². The minimum atomic E-state index is -0.0803. The first-order valence-corrected chi connectivity index (χ1v) is 6.28. The number of hydrogen-bond donors (Lipinski definition) is 0. The van der Waals surface area contributed by atoms with Crippen LogP contribution in [0.2, 0.25) is 0 Å². The Morgan fingerprint density at radius 3 is 2.65 bits per heavy atom. The van der Waals surface area contributed by atoms with Gasteiger partial charge in [0.25, 0.3) is 0 Å². The van der Waals surface area contributed by atoms with Gasteiger partial charge in [0.1, 0.15) is 0 Å². The van der Waals surface area contributed by atoms with Crippen LogP contribution in [-0.2, 0) is 7.05 Å². The third-order valence-corrected chi connectivity index (χ3v) is 3.14. The average Bonchev–Trinajstić information content (AvgIpc) is 2.94. The summed E-state index contributed by atoms with van der Waals surface area (Å²) >= 11 is 0. The molecule has 98 valence electrons. The van der Waals surface area contributed by atoms with E-state index in [9.17, 15) is 4.79 Å². The van der Waals surface area contributed by atoms with Crippen molar-refractivity contribution < 1.29 is 4.79 Å². The molecular weight excluding hydrogens is 250 g/mol. The first-order chi connectivity index (χ1) is 9.75. The van der Waals surface area contributed by atoms with Gasteiger partial charge in [0.15, 0.2) is 5.82 Å². The summed E-state index contributed by atoms with van der Waals surface area (Å²) in [4.78, 5) is 20.6. The maximum atomic E-state index is 12.4. The number of rotatable bonds is 3. The van der Waals surface area contributed by atoms with Crippen LogP contribution in [0.25, 0.3) is 11.1 Å². The normalized spacial score (nSPS) is 10.4. The fourth-order valence-corrected chi connectivity index (χ4v) is 2.09. The Morgan fingerprint density at radius 2 is 1.95 bits per heavy atom. The van der Waals surface area contributed by atoms with Crippen LogP contribution in [0.15, 0.2) is 61.2 Å². The van der Waals surface area contributed by atoms with Crippen molar-refractivity contribution in [3.05, 3.63) is 72.6 Å². The van der Waals surface area contributed by atoms with Crippen LogP contribution in [0.5, 0.6) is 0 Å². The summed E-state index contributed by atoms with van der Waals surface area (Å²) in [6, 6.07) is 11.4. The van der Waals surface area contributed by atoms with Gasteiger partial charge in [-0.3, -0.25) is 9.78 Å². The second-order valence-electron chi connectivity index (χ2n) is 4.51. The van der Waals surface area contributed by atoms with Crippen LogP contribution >= 0.6 is 0 Å². The number of aryl methyl sites for hydroxylation is 1. The number of pyridine rings is 1. The second-order valence-corrected chi connectivity index (χ2v) is 4.51. The van der Waals surface area contributed by atoms with E-state index in [1.807, 2.05) is 37.4 Å². The number of aromatic nitrogens is 3. The van der Waals surface area contributed by atoms with Crippen LogP contribution < -0.4 is 0 Å². The number of carbonyl (C=O) groups excluding carboxylic acids is 1. The lowest BCUT2D eigenvalue weighted by Gasteiger charge is -2.05. The lowest BCUT2D eigenvalue weighted by molar-refractivity contribution is 0.102.